The Kier molecular flexibility index (Phi) is 3.19. The molecule has 0 amide bonds. The van der Waals surface area contributed by atoms with Crippen molar-refractivity contribution in [1.29, 1.82) is 0 Å². The summed E-state index contributed by atoms with van der Waals surface area (Å²) in [4.78, 5) is 15.1. The molecule has 3 rings (SSSR count). The molecule has 0 atom stereocenters. The number of aryl methyl sites for hydroxylation is 1. The van der Waals surface area contributed by atoms with Crippen molar-refractivity contribution < 1.29 is 25.1 Å². The second-order valence-corrected chi connectivity index (χ2v) is 4.54. The van der Waals surface area contributed by atoms with Crippen molar-refractivity contribution in [3.63, 3.8) is 0 Å². The van der Waals surface area contributed by atoms with Crippen molar-refractivity contribution in [1.82, 2.24) is 9.55 Å². The van der Waals surface area contributed by atoms with Crippen LogP contribution in [-0.4, -0.2) is 28.7 Å². The summed E-state index contributed by atoms with van der Waals surface area (Å²) < 4.78 is 12.9. The molecule has 0 spiro atoms. The second kappa shape index (κ2) is 5.01. The summed E-state index contributed by atoms with van der Waals surface area (Å²) in [6, 6.07) is 3.66. The number of nitrogens with zero attached hydrogens (tertiary/aromatic N) is 2. The van der Waals surface area contributed by atoms with Crippen LogP contribution in [0.15, 0.2) is 12.1 Å². The van der Waals surface area contributed by atoms with Crippen molar-refractivity contribution in [2.24, 2.45) is 0 Å². The van der Waals surface area contributed by atoms with E-state index in [0.29, 0.717) is 37.8 Å². The van der Waals surface area contributed by atoms with Gasteiger partial charge in [0.2, 0.25) is 0 Å². The number of imidazole rings is 1. The fraction of sp³-hybridized carbons (Fsp3) is 0.385. The van der Waals surface area contributed by atoms with Crippen LogP contribution in [0.3, 0.4) is 0 Å². The Hall–Kier alpha value is -2.28. The molecule has 0 aliphatic carbocycles. The molecule has 0 radical (unpaired) electrons. The molecule has 0 unspecified atom stereocenters. The molecule has 1 aromatic carbocycles. The quantitative estimate of drug-likeness (QED) is 0.747. The molecule has 0 saturated heterocycles. The van der Waals surface area contributed by atoms with Crippen LogP contribution in [0, 0.1) is 0 Å². The zero-order chi connectivity index (χ0) is 14.1. The van der Waals surface area contributed by atoms with Crippen molar-refractivity contribution >= 4 is 17.0 Å². The van der Waals surface area contributed by atoms with Crippen LogP contribution in [0.5, 0.6) is 11.5 Å². The number of fused-ring (bicyclic) bond motifs is 2. The topological polar surface area (TPSA) is 104 Å². The molecule has 1 aromatic heterocycles. The van der Waals surface area contributed by atoms with Crippen LogP contribution in [0.1, 0.15) is 12.2 Å². The lowest BCUT2D eigenvalue weighted by atomic mass is 10.2. The predicted octanol–water partition coefficient (Wildman–Crippen LogP) is -1.31. The summed E-state index contributed by atoms with van der Waals surface area (Å²) in [5, 5.41) is 10.7. The van der Waals surface area contributed by atoms with E-state index in [-0.39, 0.29) is 6.42 Å². The Morgan fingerprint density at radius 1 is 1.35 bits per heavy atom. The third-order valence-electron chi connectivity index (χ3n) is 3.25. The summed E-state index contributed by atoms with van der Waals surface area (Å²) in [5.41, 5.74) is 5.41. The van der Waals surface area contributed by atoms with Gasteiger partial charge in [-0.05, 0) is 0 Å². The van der Waals surface area contributed by atoms with Gasteiger partial charge >= 0.3 is 0 Å². The molecular formula is C13H15N3O4. The lowest BCUT2D eigenvalue weighted by Gasteiger charge is -2.18. The van der Waals surface area contributed by atoms with E-state index in [2.05, 4.69) is 10.7 Å². The molecule has 0 fully saturated rings. The van der Waals surface area contributed by atoms with Gasteiger partial charge in [0.1, 0.15) is 19.8 Å². The molecule has 20 heavy (non-hydrogen) atoms. The second-order valence-electron chi connectivity index (χ2n) is 4.54. The summed E-state index contributed by atoms with van der Waals surface area (Å²) in [6.07, 6.45) is -0.0626. The van der Waals surface area contributed by atoms with Gasteiger partial charge in [0, 0.05) is 31.1 Å². The van der Waals surface area contributed by atoms with E-state index in [9.17, 15) is 9.90 Å². The van der Waals surface area contributed by atoms with E-state index in [1.54, 1.807) is 0 Å². The summed E-state index contributed by atoms with van der Waals surface area (Å²) in [7, 11) is 0. The van der Waals surface area contributed by atoms with Gasteiger partial charge in [-0.1, -0.05) is 0 Å². The van der Waals surface area contributed by atoms with Crippen LogP contribution < -0.4 is 20.3 Å². The van der Waals surface area contributed by atoms with E-state index in [1.807, 2.05) is 16.7 Å². The SMILES string of the molecule is [NH3+]Cc1nc2cc3c(cc2n1CCC(=O)[O-])OCCO3. The van der Waals surface area contributed by atoms with E-state index in [1.165, 1.54) is 0 Å². The van der Waals surface area contributed by atoms with Gasteiger partial charge in [-0.2, -0.15) is 0 Å². The highest BCUT2D eigenvalue weighted by Gasteiger charge is 2.18. The number of hydrogen-bond donors (Lipinski definition) is 1. The zero-order valence-corrected chi connectivity index (χ0v) is 10.9. The highest BCUT2D eigenvalue weighted by Crippen LogP contribution is 2.34. The molecule has 106 valence electrons. The highest BCUT2D eigenvalue weighted by atomic mass is 16.6. The van der Waals surface area contributed by atoms with Crippen LogP contribution in [0.2, 0.25) is 0 Å². The smallest absolute Gasteiger partial charge is 0.165 e. The van der Waals surface area contributed by atoms with E-state index in [4.69, 9.17) is 9.47 Å². The Balaban J connectivity index is 2.08. The number of carboxylic acid groups (broad SMARTS) is 1. The maximum absolute atomic E-state index is 10.7. The fourth-order valence-electron chi connectivity index (χ4n) is 2.35. The third kappa shape index (κ3) is 2.16. The number of hydrogen-bond acceptors (Lipinski definition) is 5. The summed E-state index contributed by atoms with van der Waals surface area (Å²) >= 11 is 0. The first-order valence-electron chi connectivity index (χ1n) is 6.47. The van der Waals surface area contributed by atoms with Crippen LogP contribution in [-0.2, 0) is 17.9 Å². The molecule has 2 heterocycles. The van der Waals surface area contributed by atoms with Gasteiger partial charge in [-0.15, -0.1) is 0 Å². The van der Waals surface area contributed by atoms with Gasteiger partial charge < -0.3 is 29.7 Å². The Morgan fingerprint density at radius 2 is 2.05 bits per heavy atom. The zero-order valence-electron chi connectivity index (χ0n) is 10.9. The van der Waals surface area contributed by atoms with E-state index >= 15 is 0 Å². The normalized spacial score (nSPS) is 13.7. The first kappa shape index (κ1) is 12.7. The van der Waals surface area contributed by atoms with E-state index < -0.39 is 5.97 Å². The first-order chi connectivity index (χ1) is 9.69. The summed E-state index contributed by atoms with van der Waals surface area (Å²) in [5.74, 6) is 0.987. The van der Waals surface area contributed by atoms with Crippen LogP contribution in [0.25, 0.3) is 11.0 Å². The van der Waals surface area contributed by atoms with Gasteiger partial charge in [0.15, 0.2) is 17.3 Å². The molecule has 7 heteroatoms. The molecule has 0 bridgehead atoms. The number of aliphatic carboxylic acids is 1. The Morgan fingerprint density at radius 3 is 2.70 bits per heavy atom. The van der Waals surface area contributed by atoms with Gasteiger partial charge in [-0.3, -0.25) is 0 Å². The Bertz CT molecular complexity index is 665. The lowest BCUT2D eigenvalue weighted by Crippen LogP contribution is -2.48. The Labute approximate surface area is 114 Å². The number of carboxylic acids is 1. The standard InChI is InChI=1S/C13H15N3O4/c14-7-12-15-8-5-10-11(20-4-3-19-10)6-9(8)16(12)2-1-13(17)18/h5-6H,1-4,7,14H2,(H,17,18). The average molecular weight is 277 g/mol. The molecule has 1 aliphatic heterocycles. The number of rotatable bonds is 4. The maximum atomic E-state index is 10.7. The number of aromatic nitrogens is 2. The van der Waals surface area contributed by atoms with Gasteiger partial charge in [0.05, 0.1) is 11.0 Å². The largest absolute Gasteiger partial charge is 0.550 e. The van der Waals surface area contributed by atoms with Crippen LogP contribution >= 0.6 is 0 Å². The minimum atomic E-state index is -1.08. The number of quaternary nitrogens is 1. The maximum Gasteiger partial charge on any atom is 0.165 e. The first-order valence-corrected chi connectivity index (χ1v) is 6.47. The number of carbonyl (C=O) groups excluding carboxylic acids is 1. The lowest BCUT2D eigenvalue weighted by molar-refractivity contribution is -0.388. The number of ether oxygens (including phenoxy) is 2. The van der Waals surface area contributed by atoms with Gasteiger partial charge in [-0.25, -0.2) is 4.98 Å². The minimum absolute atomic E-state index is 0.0626. The number of carbonyl (C=O) groups is 1. The predicted molar refractivity (Wildman–Crippen MR) is 66.9 cm³/mol. The van der Waals surface area contributed by atoms with Crippen LogP contribution in [0.4, 0.5) is 0 Å². The molecular weight excluding hydrogens is 262 g/mol. The molecule has 1 aliphatic rings. The summed E-state index contributed by atoms with van der Waals surface area (Å²) in [6.45, 7) is 1.82. The minimum Gasteiger partial charge on any atom is -0.550 e. The van der Waals surface area contributed by atoms with Gasteiger partial charge in [0.25, 0.3) is 0 Å². The molecule has 0 saturated carbocycles. The van der Waals surface area contributed by atoms with Crippen molar-refractivity contribution in [3.8, 4) is 11.5 Å². The third-order valence-corrected chi connectivity index (χ3v) is 3.25. The molecule has 2 aromatic rings. The van der Waals surface area contributed by atoms with E-state index in [0.717, 1.165) is 16.9 Å². The fourth-order valence-corrected chi connectivity index (χ4v) is 2.35. The van der Waals surface area contributed by atoms with Crippen molar-refractivity contribution in [2.75, 3.05) is 13.2 Å². The molecule has 7 nitrogen and oxygen atoms in total. The molecule has 3 N–H and O–H groups in total. The average Bonchev–Trinajstić information content (AvgIpc) is 2.79. The van der Waals surface area contributed by atoms with Crippen molar-refractivity contribution in [2.45, 2.75) is 19.5 Å². The van der Waals surface area contributed by atoms with Crippen molar-refractivity contribution in [3.05, 3.63) is 18.0 Å². The monoisotopic (exact) mass is 277 g/mol. The number of benzene rings is 1. The highest BCUT2D eigenvalue weighted by molar-refractivity contribution is 5.81.